The Morgan fingerprint density at radius 2 is 1.59 bits per heavy atom. The molecule has 32 heavy (non-hydrogen) atoms. The van der Waals surface area contributed by atoms with E-state index in [0.29, 0.717) is 23.2 Å². The quantitative estimate of drug-likeness (QED) is 0.422. The van der Waals surface area contributed by atoms with Gasteiger partial charge in [0.15, 0.2) is 6.61 Å². The van der Waals surface area contributed by atoms with E-state index in [2.05, 4.69) is 5.32 Å². The third-order valence-electron chi connectivity index (χ3n) is 5.02. The molecule has 1 aliphatic heterocycles. The first-order valence-electron chi connectivity index (χ1n) is 10.0. The Hall–Kier alpha value is -3.78. The van der Waals surface area contributed by atoms with Crippen molar-refractivity contribution in [2.45, 2.75) is 13.0 Å². The van der Waals surface area contributed by atoms with Gasteiger partial charge in [-0.25, -0.2) is 4.79 Å². The van der Waals surface area contributed by atoms with Gasteiger partial charge in [-0.3, -0.25) is 19.3 Å². The zero-order chi connectivity index (χ0) is 22.5. The molecule has 0 bridgehead atoms. The lowest BCUT2D eigenvalue weighted by Crippen LogP contribution is -2.30. The van der Waals surface area contributed by atoms with E-state index in [1.54, 1.807) is 59.9 Å². The number of benzene rings is 2. The lowest BCUT2D eigenvalue weighted by molar-refractivity contribution is -0.124. The van der Waals surface area contributed by atoms with Crippen LogP contribution < -0.4 is 5.32 Å². The fourth-order valence-corrected chi connectivity index (χ4v) is 4.07. The second kappa shape index (κ2) is 9.57. The van der Waals surface area contributed by atoms with Gasteiger partial charge in [0, 0.05) is 11.4 Å². The van der Waals surface area contributed by atoms with Crippen molar-refractivity contribution >= 4 is 35.0 Å². The number of carbonyl (C=O) groups is 4. The van der Waals surface area contributed by atoms with Crippen LogP contribution in [0.3, 0.4) is 0 Å². The van der Waals surface area contributed by atoms with E-state index in [1.165, 1.54) is 9.78 Å². The van der Waals surface area contributed by atoms with Gasteiger partial charge in [0.1, 0.15) is 0 Å². The van der Waals surface area contributed by atoms with Crippen LogP contribution >= 0.6 is 11.3 Å². The molecule has 2 aromatic carbocycles. The zero-order valence-electron chi connectivity index (χ0n) is 17.1. The van der Waals surface area contributed by atoms with Crippen LogP contribution in [0.5, 0.6) is 0 Å². The molecule has 0 fully saturated rings. The van der Waals surface area contributed by atoms with Crippen LogP contribution in [0.15, 0.2) is 66.0 Å². The molecule has 8 heteroatoms. The third kappa shape index (κ3) is 4.76. The van der Waals surface area contributed by atoms with Gasteiger partial charge in [-0.1, -0.05) is 30.3 Å². The van der Waals surface area contributed by atoms with E-state index in [9.17, 15) is 19.2 Å². The number of amides is 3. The molecule has 0 atom stereocenters. The number of hydrogen-bond acceptors (Lipinski definition) is 6. The highest BCUT2D eigenvalue weighted by Gasteiger charge is 2.34. The van der Waals surface area contributed by atoms with Crippen molar-refractivity contribution in [3.63, 3.8) is 0 Å². The molecule has 3 amide bonds. The normalized spacial score (nSPS) is 12.6. The van der Waals surface area contributed by atoms with Gasteiger partial charge in [-0.2, -0.15) is 0 Å². The maximum Gasteiger partial charge on any atom is 0.338 e. The van der Waals surface area contributed by atoms with Crippen molar-refractivity contribution < 1.29 is 23.9 Å². The molecule has 0 spiro atoms. The Morgan fingerprint density at radius 1 is 0.906 bits per heavy atom. The predicted octanol–water partition coefficient (Wildman–Crippen LogP) is 3.06. The van der Waals surface area contributed by atoms with Gasteiger partial charge in [0.2, 0.25) is 0 Å². The molecule has 0 saturated heterocycles. The summed E-state index contributed by atoms with van der Waals surface area (Å²) < 4.78 is 5.06. The Balaban J connectivity index is 1.26. The van der Waals surface area contributed by atoms with Crippen molar-refractivity contribution in [3.8, 4) is 0 Å². The smallest absolute Gasteiger partial charge is 0.338 e. The Morgan fingerprint density at radius 3 is 2.22 bits per heavy atom. The first-order chi connectivity index (χ1) is 15.5. The summed E-state index contributed by atoms with van der Waals surface area (Å²) in [5, 5.41) is 4.69. The van der Waals surface area contributed by atoms with Crippen LogP contribution in [0.25, 0.3) is 0 Å². The van der Waals surface area contributed by atoms with E-state index in [4.69, 9.17) is 4.74 Å². The van der Waals surface area contributed by atoms with Crippen LogP contribution in [0.2, 0.25) is 0 Å². The highest BCUT2D eigenvalue weighted by molar-refractivity contribution is 7.09. The largest absolute Gasteiger partial charge is 0.452 e. The third-order valence-corrected chi connectivity index (χ3v) is 5.95. The molecule has 2 heterocycles. The van der Waals surface area contributed by atoms with Gasteiger partial charge in [-0.05, 0) is 47.7 Å². The Kier molecular flexibility index (Phi) is 6.42. The maximum absolute atomic E-state index is 12.5. The minimum Gasteiger partial charge on any atom is -0.452 e. The molecule has 3 aromatic rings. The molecule has 0 radical (unpaired) electrons. The highest BCUT2D eigenvalue weighted by Crippen LogP contribution is 2.24. The summed E-state index contributed by atoms with van der Waals surface area (Å²) in [5.41, 5.74) is 1.77. The van der Waals surface area contributed by atoms with Gasteiger partial charge in [-0.15, -0.1) is 11.3 Å². The maximum atomic E-state index is 12.5. The molecular formula is C24H20N2O5S. The fourth-order valence-electron chi connectivity index (χ4n) is 3.36. The number of rotatable bonds is 8. The van der Waals surface area contributed by atoms with E-state index < -0.39 is 5.97 Å². The molecule has 162 valence electrons. The summed E-state index contributed by atoms with van der Waals surface area (Å²) in [6, 6.07) is 17.1. The van der Waals surface area contributed by atoms with Gasteiger partial charge in [0.05, 0.1) is 23.2 Å². The minimum absolute atomic E-state index is 0.105. The van der Waals surface area contributed by atoms with E-state index in [-0.39, 0.29) is 36.4 Å². The second-order valence-corrected chi connectivity index (χ2v) is 8.23. The molecule has 1 aliphatic rings. The molecule has 4 rings (SSSR count). The summed E-state index contributed by atoms with van der Waals surface area (Å²) in [6.07, 6.45) is 0.728. The van der Waals surface area contributed by atoms with Gasteiger partial charge < -0.3 is 10.1 Å². The predicted molar refractivity (Wildman–Crippen MR) is 118 cm³/mol. The molecule has 1 aromatic heterocycles. The van der Waals surface area contributed by atoms with Crippen molar-refractivity contribution in [1.82, 2.24) is 10.2 Å². The van der Waals surface area contributed by atoms with Crippen LogP contribution in [0.1, 0.15) is 41.5 Å². The van der Waals surface area contributed by atoms with E-state index >= 15 is 0 Å². The zero-order valence-corrected chi connectivity index (χ0v) is 17.9. The number of thiophene rings is 1. The number of esters is 1. The van der Waals surface area contributed by atoms with Crippen molar-refractivity contribution in [1.29, 1.82) is 0 Å². The number of nitrogens with zero attached hydrogens (tertiary/aromatic N) is 1. The number of ether oxygens (including phenoxy) is 1. The standard InChI is InChI=1S/C24H20N2O5S/c27-21(25-12-11-18-4-3-13-32-18)15-31-24(30)17-9-7-16(8-10-17)14-26-22(28)19-5-1-2-6-20(19)23(26)29/h1-10,13H,11-12,14-15H2,(H,25,27). The summed E-state index contributed by atoms with van der Waals surface area (Å²) in [6.45, 7) is 0.220. The number of hydrogen-bond donors (Lipinski definition) is 1. The van der Waals surface area contributed by atoms with Crippen molar-refractivity contribution in [2.24, 2.45) is 0 Å². The summed E-state index contributed by atoms with van der Waals surface area (Å²) in [4.78, 5) is 51.3. The van der Waals surface area contributed by atoms with Crippen LogP contribution in [0.4, 0.5) is 0 Å². The molecule has 0 aliphatic carbocycles. The van der Waals surface area contributed by atoms with Gasteiger partial charge in [0.25, 0.3) is 17.7 Å². The number of fused-ring (bicyclic) bond motifs is 1. The van der Waals surface area contributed by atoms with Crippen molar-refractivity contribution in [2.75, 3.05) is 13.2 Å². The SMILES string of the molecule is O=C(COC(=O)c1ccc(CN2C(=O)c3ccccc3C2=O)cc1)NCCc1cccs1. The van der Waals surface area contributed by atoms with E-state index in [1.807, 2.05) is 17.5 Å². The molecule has 1 N–H and O–H groups in total. The van der Waals surface area contributed by atoms with E-state index in [0.717, 1.165) is 6.42 Å². The molecule has 0 saturated carbocycles. The fraction of sp³-hybridized carbons (Fsp3) is 0.167. The number of imide groups is 1. The van der Waals surface area contributed by atoms with Gasteiger partial charge >= 0.3 is 5.97 Å². The number of carbonyl (C=O) groups excluding carboxylic acids is 4. The molecular weight excluding hydrogens is 428 g/mol. The average Bonchev–Trinajstić information content (AvgIpc) is 3.41. The molecule has 7 nitrogen and oxygen atoms in total. The monoisotopic (exact) mass is 448 g/mol. The molecule has 0 unspecified atom stereocenters. The topological polar surface area (TPSA) is 92.8 Å². The first kappa shape index (κ1) is 21.5. The second-order valence-electron chi connectivity index (χ2n) is 7.19. The number of nitrogens with one attached hydrogen (secondary N) is 1. The lowest BCUT2D eigenvalue weighted by atomic mass is 10.1. The van der Waals surface area contributed by atoms with Crippen molar-refractivity contribution in [3.05, 3.63) is 93.2 Å². The Labute approximate surface area is 188 Å². The van der Waals surface area contributed by atoms with Crippen LogP contribution in [-0.2, 0) is 22.5 Å². The highest BCUT2D eigenvalue weighted by atomic mass is 32.1. The lowest BCUT2D eigenvalue weighted by Gasteiger charge is -2.14. The van der Waals surface area contributed by atoms with Crippen LogP contribution in [-0.4, -0.2) is 41.7 Å². The van der Waals surface area contributed by atoms with Crippen LogP contribution in [0, 0.1) is 0 Å². The summed E-state index contributed by atoms with van der Waals surface area (Å²) >= 11 is 1.62. The Bertz CT molecular complexity index is 1120. The summed E-state index contributed by atoms with van der Waals surface area (Å²) in [5.74, 6) is -1.65. The first-order valence-corrected chi connectivity index (χ1v) is 10.9. The minimum atomic E-state index is -0.620. The average molecular weight is 449 g/mol. The summed E-state index contributed by atoms with van der Waals surface area (Å²) in [7, 11) is 0.